The highest BCUT2D eigenvalue weighted by atomic mass is 16.2. The molecule has 0 radical (unpaired) electrons. The Morgan fingerprint density at radius 1 is 1.19 bits per heavy atom. The van der Waals surface area contributed by atoms with Crippen LogP contribution in [0.2, 0.25) is 0 Å². The molecule has 4 nitrogen and oxygen atoms in total. The molecular weight excluding hydrogens is 266 g/mol. The molecule has 0 unspecified atom stereocenters. The van der Waals surface area contributed by atoms with Crippen molar-refractivity contribution in [3.05, 3.63) is 28.8 Å². The Labute approximate surface area is 124 Å². The minimum Gasteiger partial charge on any atom is -0.297 e. The second kappa shape index (κ2) is 5.10. The van der Waals surface area contributed by atoms with Crippen molar-refractivity contribution in [1.29, 1.82) is 0 Å². The van der Waals surface area contributed by atoms with Gasteiger partial charge in [0.2, 0.25) is 0 Å². The first-order chi connectivity index (χ1) is 9.99. The summed E-state index contributed by atoms with van der Waals surface area (Å²) < 4.78 is 0. The first-order valence-corrected chi connectivity index (χ1v) is 7.49. The third-order valence-corrected chi connectivity index (χ3v) is 4.54. The van der Waals surface area contributed by atoms with Gasteiger partial charge in [-0.25, -0.2) is 0 Å². The predicted molar refractivity (Wildman–Crippen MR) is 79.6 cm³/mol. The maximum atomic E-state index is 12.3. The lowest BCUT2D eigenvalue weighted by Gasteiger charge is -2.18. The van der Waals surface area contributed by atoms with Crippen LogP contribution < -0.4 is 4.90 Å². The molecule has 0 spiro atoms. The Hall–Kier alpha value is -1.97. The Morgan fingerprint density at radius 2 is 1.86 bits per heavy atom. The number of hydrogen-bond acceptors (Lipinski definition) is 3. The molecule has 1 aromatic carbocycles. The fraction of sp³-hybridized carbons (Fsp3) is 0.471. The van der Waals surface area contributed by atoms with E-state index in [-0.39, 0.29) is 18.2 Å². The van der Waals surface area contributed by atoms with Crippen molar-refractivity contribution in [3.63, 3.8) is 0 Å². The highest BCUT2D eigenvalue weighted by molar-refractivity contribution is 6.53. The standard InChI is InChI=1S/C17H19NO3/c1-10-7-11(2)15-13(8-10)18(17(21)16(15)20)9-14(19)12-5-3-4-6-12/h7-8,12H,3-6,9H2,1-2H3. The Kier molecular flexibility index (Phi) is 3.40. The van der Waals surface area contributed by atoms with Gasteiger partial charge in [0.15, 0.2) is 5.78 Å². The average molecular weight is 285 g/mol. The molecule has 1 aromatic rings. The number of fused-ring (bicyclic) bond motifs is 1. The molecule has 2 aliphatic rings. The maximum absolute atomic E-state index is 12.3. The molecule has 1 saturated carbocycles. The first kappa shape index (κ1) is 14.0. The van der Waals surface area contributed by atoms with Crippen LogP contribution >= 0.6 is 0 Å². The minimum absolute atomic E-state index is 0.0329. The summed E-state index contributed by atoms with van der Waals surface area (Å²) in [5, 5.41) is 0. The van der Waals surface area contributed by atoms with Crippen molar-refractivity contribution >= 4 is 23.2 Å². The van der Waals surface area contributed by atoms with Crippen LogP contribution in [0.1, 0.15) is 47.2 Å². The molecule has 1 aliphatic heterocycles. The van der Waals surface area contributed by atoms with E-state index in [4.69, 9.17) is 0 Å². The number of anilines is 1. The number of Topliss-reactive ketones (excluding diaryl/α,β-unsaturated/α-hetero) is 2. The Bertz CT molecular complexity index is 642. The maximum Gasteiger partial charge on any atom is 0.299 e. The predicted octanol–water partition coefficient (Wildman–Crippen LogP) is 2.59. The minimum atomic E-state index is -0.565. The van der Waals surface area contributed by atoms with Gasteiger partial charge >= 0.3 is 0 Å². The van der Waals surface area contributed by atoms with Gasteiger partial charge in [-0.3, -0.25) is 19.3 Å². The van der Waals surface area contributed by atoms with E-state index in [1.807, 2.05) is 26.0 Å². The summed E-state index contributed by atoms with van der Waals surface area (Å²) in [6, 6.07) is 3.72. The molecule has 4 heteroatoms. The number of amides is 1. The normalized spacial score (nSPS) is 18.5. The van der Waals surface area contributed by atoms with Gasteiger partial charge < -0.3 is 0 Å². The molecule has 110 valence electrons. The van der Waals surface area contributed by atoms with Crippen LogP contribution in [0, 0.1) is 19.8 Å². The third-order valence-electron chi connectivity index (χ3n) is 4.54. The van der Waals surface area contributed by atoms with E-state index in [2.05, 4.69) is 0 Å². The number of carbonyl (C=O) groups excluding carboxylic acids is 3. The molecule has 1 fully saturated rings. The SMILES string of the molecule is Cc1cc(C)c2c(c1)N(CC(=O)C1CCCC1)C(=O)C2=O. The van der Waals surface area contributed by atoms with Crippen molar-refractivity contribution in [3.8, 4) is 0 Å². The van der Waals surface area contributed by atoms with Crippen molar-refractivity contribution in [2.75, 3.05) is 11.4 Å². The zero-order chi connectivity index (χ0) is 15.1. The van der Waals surface area contributed by atoms with Gasteiger partial charge in [-0.15, -0.1) is 0 Å². The van der Waals surface area contributed by atoms with Crippen LogP contribution in [0.4, 0.5) is 5.69 Å². The summed E-state index contributed by atoms with van der Waals surface area (Å²) in [6.07, 6.45) is 3.99. The summed E-state index contributed by atoms with van der Waals surface area (Å²) in [5.41, 5.74) is 2.87. The molecule has 0 bridgehead atoms. The van der Waals surface area contributed by atoms with E-state index >= 15 is 0 Å². The lowest BCUT2D eigenvalue weighted by molar-refractivity contribution is -0.123. The van der Waals surface area contributed by atoms with Gasteiger partial charge in [0.1, 0.15) is 0 Å². The molecule has 1 heterocycles. The number of nitrogens with zero attached hydrogens (tertiary/aromatic N) is 1. The van der Waals surface area contributed by atoms with E-state index in [0.29, 0.717) is 11.3 Å². The molecule has 1 amide bonds. The van der Waals surface area contributed by atoms with Crippen LogP contribution in [-0.4, -0.2) is 24.0 Å². The monoisotopic (exact) mass is 285 g/mol. The summed E-state index contributed by atoms with van der Waals surface area (Å²) in [5.74, 6) is -0.907. The molecule has 0 N–H and O–H groups in total. The highest BCUT2D eigenvalue weighted by Gasteiger charge is 2.39. The van der Waals surface area contributed by atoms with Gasteiger partial charge in [0.25, 0.3) is 11.7 Å². The number of ketones is 2. The smallest absolute Gasteiger partial charge is 0.297 e. The van der Waals surface area contributed by atoms with Gasteiger partial charge in [-0.05, 0) is 43.9 Å². The van der Waals surface area contributed by atoms with Gasteiger partial charge in [-0.1, -0.05) is 18.9 Å². The molecule has 21 heavy (non-hydrogen) atoms. The van der Waals surface area contributed by atoms with Gasteiger partial charge in [0.05, 0.1) is 17.8 Å². The number of benzene rings is 1. The van der Waals surface area contributed by atoms with Crippen molar-refractivity contribution in [1.82, 2.24) is 0 Å². The Morgan fingerprint density at radius 3 is 2.52 bits per heavy atom. The second-order valence-electron chi connectivity index (χ2n) is 6.14. The number of aryl methyl sites for hydroxylation is 2. The Balaban J connectivity index is 1.92. The zero-order valence-electron chi connectivity index (χ0n) is 12.4. The quantitative estimate of drug-likeness (QED) is 0.802. The average Bonchev–Trinajstić information content (AvgIpc) is 3.02. The van der Waals surface area contributed by atoms with E-state index in [9.17, 15) is 14.4 Å². The second-order valence-corrected chi connectivity index (χ2v) is 6.14. The van der Waals surface area contributed by atoms with E-state index in [0.717, 1.165) is 36.8 Å². The van der Waals surface area contributed by atoms with E-state index in [1.165, 1.54) is 4.90 Å². The fourth-order valence-electron chi connectivity index (χ4n) is 3.48. The summed E-state index contributed by atoms with van der Waals surface area (Å²) in [4.78, 5) is 38.0. The van der Waals surface area contributed by atoms with Crippen LogP contribution in [0.3, 0.4) is 0 Å². The van der Waals surface area contributed by atoms with Gasteiger partial charge in [0, 0.05) is 5.92 Å². The summed E-state index contributed by atoms with van der Waals surface area (Å²) in [6.45, 7) is 3.79. The molecule has 0 aromatic heterocycles. The summed E-state index contributed by atoms with van der Waals surface area (Å²) in [7, 11) is 0. The number of rotatable bonds is 3. The third kappa shape index (κ3) is 2.28. The van der Waals surface area contributed by atoms with Gasteiger partial charge in [-0.2, -0.15) is 0 Å². The van der Waals surface area contributed by atoms with Crippen LogP contribution in [0.15, 0.2) is 12.1 Å². The molecular formula is C17H19NO3. The van der Waals surface area contributed by atoms with Crippen LogP contribution in [-0.2, 0) is 9.59 Å². The van der Waals surface area contributed by atoms with Crippen molar-refractivity contribution < 1.29 is 14.4 Å². The lowest BCUT2D eigenvalue weighted by Crippen LogP contribution is -2.36. The highest BCUT2D eigenvalue weighted by Crippen LogP contribution is 2.33. The van der Waals surface area contributed by atoms with E-state index < -0.39 is 11.7 Å². The number of carbonyl (C=O) groups is 3. The van der Waals surface area contributed by atoms with Crippen molar-refractivity contribution in [2.45, 2.75) is 39.5 Å². The van der Waals surface area contributed by atoms with E-state index in [1.54, 1.807) is 0 Å². The zero-order valence-corrected chi connectivity index (χ0v) is 12.4. The molecule has 3 rings (SSSR count). The molecule has 0 saturated heterocycles. The van der Waals surface area contributed by atoms with Crippen LogP contribution in [0.5, 0.6) is 0 Å². The van der Waals surface area contributed by atoms with Crippen LogP contribution in [0.25, 0.3) is 0 Å². The molecule has 0 atom stereocenters. The topological polar surface area (TPSA) is 54.5 Å². The molecule has 1 aliphatic carbocycles. The fourth-order valence-corrected chi connectivity index (χ4v) is 3.48. The first-order valence-electron chi connectivity index (χ1n) is 7.49. The number of hydrogen-bond donors (Lipinski definition) is 0. The lowest BCUT2D eigenvalue weighted by atomic mass is 10.0. The largest absolute Gasteiger partial charge is 0.299 e. The van der Waals surface area contributed by atoms with Crippen molar-refractivity contribution in [2.24, 2.45) is 5.92 Å². The summed E-state index contributed by atoms with van der Waals surface area (Å²) >= 11 is 0.